The molecule has 3 atom stereocenters. The van der Waals surface area contributed by atoms with E-state index in [-0.39, 0.29) is 30.5 Å². The van der Waals surface area contributed by atoms with Crippen LogP contribution in [0.15, 0.2) is 24.3 Å². The van der Waals surface area contributed by atoms with Gasteiger partial charge >= 0.3 is 12.6 Å². The van der Waals surface area contributed by atoms with Crippen LogP contribution < -0.4 is 15.4 Å². The van der Waals surface area contributed by atoms with Crippen LogP contribution in [0, 0.1) is 5.92 Å². The van der Waals surface area contributed by atoms with Crippen LogP contribution in [-0.2, 0) is 11.3 Å². The van der Waals surface area contributed by atoms with Crippen molar-refractivity contribution in [1.82, 2.24) is 10.6 Å². The maximum absolute atomic E-state index is 12.2. The lowest BCUT2D eigenvalue weighted by molar-refractivity contribution is -0.0498. The lowest BCUT2D eigenvalue weighted by Crippen LogP contribution is -2.49. The van der Waals surface area contributed by atoms with Crippen molar-refractivity contribution < 1.29 is 23.0 Å². The van der Waals surface area contributed by atoms with E-state index in [1.165, 1.54) is 12.1 Å². The number of urea groups is 1. The van der Waals surface area contributed by atoms with E-state index in [1.807, 2.05) is 0 Å². The van der Waals surface area contributed by atoms with Gasteiger partial charge in [0.05, 0.1) is 6.10 Å². The molecule has 2 amide bonds. The summed E-state index contributed by atoms with van der Waals surface area (Å²) in [6, 6.07) is 6.22. The minimum absolute atomic E-state index is 0.0861. The molecule has 0 spiro atoms. The van der Waals surface area contributed by atoms with E-state index < -0.39 is 6.61 Å². The number of rotatable bonds is 5. The quantitative estimate of drug-likeness (QED) is 0.866. The smallest absolute Gasteiger partial charge is 0.387 e. The monoisotopic (exact) mass is 340 g/mol. The SMILES string of the molecule is O=C(NCc1cccc(OC(F)F)c1)NC1CCCC2OCCC12. The second-order valence-corrected chi connectivity index (χ2v) is 6.25. The number of amides is 2. The summed E-state index contributed by atoms with van der Waals surface area (Å²) in [5.74, 6) is 0.482. The van der Waals surface area contributed by atoms with E-state index in [4.69, 9.17) is 4.74 Å². The maximum Gasteiger partial charge on any atom is 0.387 e. The van der Waals surface area contributed by atoms with Gasteiger partial charge in [0, 0.05) is 25.1 Å². The highest BCUT2D eigenvalue weighted by Crippen LogP contribution is 2.34. The molecule has 1 heterocycles. The first-order valence-electron chi connectivity index (χ1n) is 8.31. The predicted molar refractivity (Wildman–Crippen MR) is 83.9 cm³/mol. The van der Waals surface area contributed by atoms with Crippen molar-refractivity contribution in [2.75, 3.05) is 6.61 Å². The average molecular weight is 340 g/mol. The van der Waals surface area contributed by atoms with Crippen molar-refractivity contribution in [3.8, 4) is 5.75 Å². The number of alkyl halides is 2. The molecule has 5 nitrogen and oxygen atoms in total. The average Bonchev–Trinajstić information content (AvgIpc) is 3.02. The number of carbonyl (C=O) groups excluding carboxylic acids is 1. The number of ether oxygens (including phenoxy) is 2. The molecule has 0 bridgehead atoms. The predicted octanol–water partition coefficient (Wildman–Crippen LogP) is 3.04. The van der Waals surface area contributed by atoms with Crippen LogP contribution in [-0.4, -0.2) is 31.4 Å². The lowest BCUT2D eigenvalue weighted by atomic mass is 9.82. The van der Waals surface area contributed by atoms with Gasteiger partial charge in [-0.2, -0.15) is 8.78 Å². The Morgan fingerprint density at radius 2 is 2.21 bits per heavy atom. The molecule has 1 aromatic carbocycles. The molecular formula is C17H22F2N2O3. The van der Waals surface area contributed by atoms with Gasteiger partial charge in [-0.1, -0.05) is 12.1 Å². The van der Waals surface area contributed by atoms with Crippen molar-refractivity contribution in [1.29, 1.82) is 0 Å². The van der Waals surface area contributed by atoms with Crippen LogP contribution in [0.5, 0.6) is 5.75 Å². The Kier molecular flexibility index (Phi) is 5.50. The Hall–Kier alpha value is -1.89. The number of nitrogens with one attached hydrogen (secondary N) is 2. The third-order valence-electron chi connectivity index (χ3n) is 4.67. The minimum atomic E-state index is -2.86. The van der Waals surface area contributed by atoms with E-state index in [0.29, 0.717) is 11.5 Å². The van der Waals surface area contributed by atoms with Crippen LogP contribution in [0.3, 0.4) is 0 Å². The molecule has 132 valence electrons. The molecule has 7 heteroatoms. The molecule has 1 aromatic rings. The normalized spacial score (nSPS) is 26.0. The Morgan fingerprint density at radius 3 is 3.04 bits per heavy atom. The van der Waals surface area contributed by atoms with E-state index >= 15 is 0 Å². The molecule has 1 saturated carbocycles. The number of halogens is 2. The van der Waals surface area contributed by atoms with E-state index in [2.05, 4.69) is 15.4 Å². The summed E-state index contributed by atoms with van der Waals surface area (Å²) in [4.78, 5) is 12.1. The van der Waals surface area contributed by atoms with E-state index in [9.17, 15) is 13.6 Å². The highest BCUT2D eigenvalue weighted by Gasteiger charge is 2.38. The Balaban J connectivity index is 1.48. The highest BCUT2D eigenvalue weighted by atomic mass is 19.3. The van der Waals surface area contributed by atoms with Crippen LogP contribution in [0.2, 0.25) is 0 Å². The van der Waals surface area contributed by atoms with Gasteiger partial charge in [0.25, 0.3) is 0 Å². The Bertz CT molecular complexity index is 571. The van der Waals surface area contributed by atoms with Crippen LogP contribution in [0.4, 0.5) is 13.6 Å². The van der Waals surface area contributed by atoms with Crippen molar-refractivity contribution >= 4 is 6.03 Å². The molecule has 3 unspecified atom stereocenters. The van der Waals surface area contributed by atoms with Gasteiger partial charge in [-0.05, 0) is 43.4 Å². The van der Waals surface area contributed by atoms with Crippen molar-refractivity contribution in [2.24, 2.45) is 5.92 Å². The zero-order chi connectivity index (χ0) is 16.9. The minimum Gasteiger partial charge on any atom is -0.435 e. The van der Waals surface area contributed by atoms with Gasteiger partial charge in [-0.3, -0.25) is 0 Å². The van der Waals surface area contributed by atoms with Gasteiger partial charge in [0.15, 0.2) is 0 Å². The fourth-order valence-electron chi connectivity index (χ4n) is 3.59. The summed E-state index contributed by atoms with van der Waals surface area (Å²) in [5.41, 5.74) is 0.703. The summed E-state index contributed by atoms with van der Waals surface area (Å²) in [7, 11) is 0. The summed E-state index contributed by atoms with van der Waals surface area (Å²) in [5, 5.41) is 5.80. The zero-order valence-corrected chi connectivity index (χ0v) is 13.3. The maximum atomic E-state index is 12.2. The topological polar surface area (TPSA) is 59.6 Å². The molecule has 1 aliphatic carbocycles. The van der Waals surface area contributed by atoms with Gasteiger partial charge in [-0.25, -0.2) is 4.79 Å². The van der Waals surface area contributed by atoms with Crippen LogP contribution in [0.25, 0.3) is 0 Å². The molecule has 0 radical (unpaired) electrons. The van der Waals surface area contributed by atoms with Gasteiger partial charge in [0.2, 0.25) is 0 Å². The summed E-state index contributed by atoms with van der Waals surface area (Å²) < 4.78 is 34.5. The van der Waals surface area contributed by atoms with Gasteiger partial charge in [0.1, 0.15) is 5.75 Å². The molecule has 1 aliphatic heterocycles. The third kappa shape index (κ3) is 4.35. The fraction of sp³-hybridized carbons (Fsp3) is 0.588. The van der Waals surface area contributed by atoms with Crippen molar-refractivity contribution in [2.45, 2.75) is 51.0 Å². The first kappa shape index (κ1) is 17.0. The Morgan fingerprint density at radius 1 is 1.33 bits per heavy atom. The second-order valence-electron chi connectivity index (χ2n) is 6.25. The summed E-state index contributed by atoms with van der Waals surface area (Å²) in [6.45, 7) is -1.83. The summed E-state index contributed by atoms with van der Waals surface area (Å²) >= 11 is 0. The number of fused-ring (bicyclic) bond motifs is 1. The first-order valence-corrected chi connectivity index (χ1v) is 8.31. The number of carbonyl (C=O) groups is 1. The van der Waals surface area contributed by atoms with Crippen LogP contribution in [0.1, 0.15) is 31.2 Å². The molecule has 0 aromatic heterocycles. The van der Waals surface area contributed by atoms with Crippen LogP contribution >= 0.6 is 0 Å². The fourth-order valence-corrected chi connectivity index (χ4v) is 3.59. The largest absolute Gasteiger partial charge is 0.435 e. The summed E-state index contributed by atoms with van der Waals surface area (Å²) in [6.07, 6.45) is 4.35. The zero-order valence-electron chi connectivity index (χ0n) is 13.3. The third-order valence-corrected chi connectivity index (χ3v) is 4.67. The molecule has 2 fully saturated rings. The second kappa shape index (κ2) is 7.79. The van der Waals surface area contributed by atoms with Crippen molar-refractivity contribution in [3.05, 3.63) is 29.8 Å². The molecular weight excluding hydrogens is 318 g/mol. The number of hydrogen-bond donors (Lipinski definition) is 2. The van der Waals surface area contributed by atoms with Gasteiger partial charge < -0.3 is 20.1 Å². The lowest BCUT2D eigenvalue weighted by Gasteiger charge is -2.33. The number of benzene rings is 1. The molecule has 2 aliphatic rings. The van der Waals surface area contributed by atoms with E-state index in [1.54, 1.807) is 12.1 Å². The molecule has 24 heavy (non-hydrogen) atoms. The van der Waals surface area contributed by atoms with E-state index in [0.717, 1.165) is 32.3 Å². The Labute approximate surface area is 139 Å². The number of hydrogen-bond acceptors (Lipinski definition) is 3. The highest BCUT2D eigenvalue weighted by molar-refractivity contribution is 5.74. The standard InChI is InChI=1S/C17H22F2N2O3/c18-16(19)24-12-4-1-3-11(9-12)10-20-17(22)21-14-5-2-6-15-13(14)7-8-23-15/h1,3-4,9,13-16H,2,5-8,10H2,(H2,20,21,22). The molecule has 3 rings (SSSR count). The van der Waals surface area contributed by atoms with Gasteiger partial charge in [-0.15, -0.1) is 0 Å². The molecule has 2 N–H and O–H groups in total. The molecule has 1 saturated heterocycles. The first-order chi connectivity index (χ1) is 11.6. The van der Waals surface area contributed by atoms with Crippen molar-refractivity contribution in [3.63, 3.8) is 0 Å².